The Morgan fingerprint density at radius 2 is 1.95 bits per heavy atom. The predicted molar refractivity (Wildman–Crippen MR) is 146 cm³/mol. The lowest BCUT2D eigenvalue weighted by Crippen LogP contribution is -2.62. The molecule has 1 fully saturated rings. The Morgan fingerprint density at radius 3 is 2.60 bits per heavy atom. The summed E-state index contributed by atoms with van der Waals surface area (Å²) in [6.07, 6.45) is 2.87. The van der Waals surface area contributed by atoms with Crippen LogP contribution in [0, 0.1) is 24.2 Å². The van der Waals surface area contributed by atoms with Crippen LogP contribution in [0.2, 0.25) is 5.02 Å². The fourth-order valence-electron chi connectivity index (χ4n) is 4.31. The second-order valence-corrected chi connectivity index (χ2v) is 11.8. The lowest BCUT2D eigenvalue weighted by atomic mass is 9.78. The number of nitrogens with one attached hydrogen (secondary N) is 1. The zero-order chi connectivity index (χ0) is 28.8. The lowest BCUT2D eigenvalue weighted by Gasteiger charge is -2.45. The molecule has 1 unspecified atom stereocenters. The second kappa shape index (κ2) is 10.1. The van der Waals surface area contributed by atoms with E-state index < -0.39 is 33.6 Å². The number of hydrogen-bond acceptors (Lipinski definition) is 9. The van der Waals surface area contributed by atoms with E-state index in [1.807, 2.05) is 0 Å². The van der Waals surface area contributed by atoms with Crippen molar-refractivity contribution in [3.05, 3.63) is 69.7 Å². The molecule has 0 saturated carbocycles. The standard InChI is InChI=1S/C26H22ClN5O7S/c1-14(18-6-4-5-7-19(18)27)38-25(35)30-22-15(2)39-31-20(22)9-8-17-10-16-11-21(29-23(16)28-17)26(24(33)34)12-32(13-26)40(3,36)37/h4-7,10-11,14H,12-13H2,1-3H3,(H,30,35)(H,33,34). The quantitative estimate of drug-likeness (QED) is 0.489. The van der Waals surface area contributed by atoms with Crippen LogP contribution in [0.1, 0.15) is 30.0 Å². The van der Waals surface area contributed by atoms with E-state index >= 15 is 0 Å². The zero-order valence-electron chi connectivity index (χ0n) is 21.4. The number of carboxylic acids is 1. The minimum absolute atomic E-state index is 0.149. The van der Waals surface area contributed by atoms with Gasteiger partial charge < -0.3 is 14.4 Å². The van der Waals surface area contributed by atoms with Gasteiger partial charge in [0, 0.05) is 29.2 Å². The number of carbonyl (C=O) groups excluding carboxylic acids is 1. The van der Waals surface area contributed by atoms with Gasteiger partial charge in [0.25, 0.3) is 0 Å². The molecule has 1 atom stereocenters. The number of aryl methyl sites for hydroxylation is 1. The van der Waals surface area contributed by atoms with Crippen molar-refractivity contribution in [2.24, 2.45) is 15.4 Å². The maximum atomic E-state index is 12.5. The van der Waals surface area contributed by atoms with Gasteiger partial charge in [0.15, 0.2) is 17.3 Å². The van der Waals surface area contributed by atoms with Gasteiger partial charge in [-0.15, -0.1) is 0 Å². The number of ether oxygens (including phenoxy) is 1. The van der Waals surface area contributed by atoms with Crippen molar-refractivity contribution < 1.29 is 32.4 Å². The van der Waals surface area contributed by atoms with Gasteiger partial charge in [-0.25, -0.2) is 23.2 Å². The van der Waals surface area contributed by atoms with Crippen molar-refractivity contribution in [1.82, 2.24) is 9.46 Å². The number of carboxylic acid groups (broad SMARTS) is 1. The van der Waals surface area contributed by atoms with Crippen molar-refractivity contribution in [2.75, 3.05) is 24.7 Å². The smallest absolute Gasteiger partial charge is 0.412 e. The van der Waals surface area contributed by atoms with E-state index in [1.165, 1.54) is 0 Å². The molecule has 3 aliphatic heterocycles. The molecule has 14 heteroatoms. The summed E-state index contributed by atoms with van der Waals surface area (Å²) in [5.74, 6) is 5.08. The lowest BCUT2D eigenvalue weighted by molar-refractivity contribution is -0.152. The summed E-state index contributed by atoms with van der Waals surface area (Å²) < 4.78 is 35.2. The Balaban J connectivity index is 1.28. The average Bonchev–Trinajstić information content (AvgIpc) is 3.50. The van der Waals surface area contributed by atoms with Crippen LogP contribution in [-0.4, -0.2) is 65.9 Å². The summed E-state index contributed by atoms with van der Waals surface area (Å²) in [6, 6.07) is 7.03. The highest BCUT2D eigenvalue weighted by Gasteiger charge is 2.56. The first-order chi connectivity index (χ1) is 18.9. The molecule has 0 bridgehead atoms. The van der Waals surface area contributed by atoms with Crippen LogP contribution in [0.25, 0.3) is 0 Å². The van der Waals surface area contributed by atoms with Gasteiger partial charge in [0.2, 0.25) is 10.0 Å². The maximum absolute atomic E-state index is 12.5. The summed E-state index contributed by atoms with van der Waals surface area (Å²) in [6.45, 7) is 2.90. The predicted octanol–water partition coefficient (Wildman–Crippen LogP) is 3.32. The Bertz CT molecular complexity index is 1740. The molecule has 5 rings (SSSR count). The molecule has 12 nitrogen and oxygen atoms in total. The summed E-state index contributed by atoms with van der Waals surface area (Å²) in [4.78, 5) is 33.2. The molecule has 0 aliphatic carbocycles. The Kier molecular flexibility index (Phi) is 6.87. The second-order valence-electron chi connectivity index (χ2n) is 9.39. The Hall–Kier alpha value is -4.25. The molecule has 40 heavy (non-hydrogen) atoms. The molecule has 1 amide bonds. The number of benzene rings is 1. The Labute approximate surface area is 234 Å². The number of hydrogen-bond donors (Lipinski definition) is 2. The molecule has 1 saturated heterocycles. The Morgan fingerprint density at radius 1 is 1.23 bits per heavy atom. The van der Waals surface area contributed by atoms with Gasteiger partial charge in [-0.3, -0.25) is 10.1 Å². The highest BCUT2D eigenvalue weighted by molar-refractivity contribution is 7.88. The van der Waals surface area contributed by atoms with E-state index in [0.29, 0.717) is 27.6 Å². The first-order valence-corrected chi connectivity index (χ1v) is 14.1. The molecular formula is C26H22ClN5O7S. The highest BCUT2D eigenvalue weighted by atomic mass is 35.5. The number of nitrogens with zero attached hydrogens (tertiary/aromatic N) is 4. The topological polar surface area (TPSA) is 164 Å². The number of amides is 1. The maximum Gasteiger partial charge on any atom is 0.412 e. The summed E-state index contributed by atoms with van der Waals surface area (Å²) in [5, 5.41) is 16.8. The first-order valence-electron chi connectivity index (χ1n) is 11.9. The molecule has 0 radical (unpaired) electrons. The van der Waals surface area contributed by atoms with Gasteiger partial charge in [-0.05, 0) is 43.9 Å². The molecule has 1 aromatic heterocycles. The van der Waals surface area contributed by atoms with Crippen LogP contribution < -0.4 is 5.32 Å². The molecule has 0 spiro atoms. The van der Waals surface area contributed by atoms with Gasteiger partial charge in [-0.2, -0.15) is 4.31 Å². The fraction of sp³-hybridized carbons (Fsp3) is 0.269. The van der Waals surface area contributed by atoms with E-state index in [9.17, 15) is 23.1 Å². The molecule has 3 aliphatic rings. The first kappa shape index (κ1) is 27.3. The number of aromatic nitrogens is 1. The normalized spacial score (nSPS) is 18.2. The van der Waals surface area contributed by atoms with Gasteiger partial charge in [0.1, 0.15) is 22.9 Å². The van der Waals surface area contributed by atoms with Crippen LogP contribution in [0.4, 0.5) is 10.5 Å². The van der Waals surface area contributed by atoms with Gasteiger partial charge >= 0.3 is 12.1 Å². The molecule has 4 heterocycles. The number of fused-ring (bicyclic) bond motifs is 1. The minimum atomic E-state index is -3.51. The van der Waals surface area contributed by atoms with Crippen molar-refractivity contribution in [3.63, 3.8) is 0 Å². The summed E-state index contributed by atoms with van der Waals surface area (Å²) in [7, 11) is -3.51. The third-order valence-electron chi connectivity index (χ3n) is 6.58. The third-order valence-corrected chi connectivity index (χ3v) is 8.12. The van der Waals surface area contributed by atoms with Gasteiger partial charge in [0.05, 0.1) is 12.0 Å². The van der Waals surface area contributed by atoms with Crippen LogP contribution >= 0.6 is 11.6 Å². The SMILES string of the molecule is Cc1onc(C#CC2=NC3=NC(C4(C(=O)O)CN(S(C)(=O)=O)C4)=CC3=C2)c1NC(=O)OC(C)c1ccccc1Cl. The molecule has 206 valence electrons. The number of allylic oxidation sites excluding steroid dienone is 1. The van der Waals surface area contributed by atoms with Crippen molar-refractivity contribution in [3.8, 4) is 11.8 Å². The van der Waals surface area contributed by atoms with E-state index in [4.69, 9.17) is 20.9 Å². The molecule has 2 N–H and O–H groups in total. The largest absolute Gasteiger partial charge is 0.480 e. The minimum Gasteiger partial charge on any atom is -0.480 e. The summed E-state index contributed by atoms with van der Waals surface area (Å²) >= 11 is 6.18. The van der Waals surface area contributed by atoms with Crippen LogP contribution in [-0.2, 0) is 19.6 Å². The average molecular weight is 584 g/mol. The number of aliphatic carboxylic acids is 1. The van der Waals surface area contributed by atoms with E-state index in [1.54, 1.807) is 50.3 Å². The van der Waals surface area contributed by atoms with Crippen LogP contribution in [0.5, 0.6) is 0 Å². The number of rotatable bonds is 6. The number of halogens is 1. The summed E-state index contributed by atoms with van der Waals surface area (Å²) in [5.41, 5.74) is 0.735. The monoisotopic (exact) mass is 583 g/mol. The highest BCUT2D eigenvalue weighted by Crippen LogP contribution is 2.43. The molecule has 1 aromatic carbocycles. The number of aliphatic imine (C=N–C) groups is 2. The number of amidine groups is 1. The fourth-order valence-corrected chi connectivity index (χ4v) is 5.51. The van der Waals surface area contributed by atoms with Crippen molar-refractivity contribution in [2.45, 2.75) is 20.0 Å². The van der Waals surface area contributed by atoms with E-state index in [-0.39, 0.29) is 36.0 Å². The number of sulfonamides is 1. The van der Waals surface area contributed by atoms with Crippen LogP contribution in [0.15, 0.2) is 62.2 Å². The number of carbonyl (C=O) groups is 2. The van der Waals surface area contributed by atoms with Gasteiger partial charge in [-0.1, -0.05) is 35.0 Å². The van der Waals surface area contributed by atoms with E-state index in [2.05, 4.69) is 32.3 Å². The molecular weight excluding hydrogens is 562 g/mol. The zero-order valence-corrected chi connectivity index (χ0v) is 23.0. The number of anilines is 1. The molecule has 2 aromatic rings. The van der Waals surface area contributed by atoms with Crippen LogP contribution in [0.3, 0.4) is 0 Å². The third kappa shape index (κ3) is 5.04. The van der Waals surface area contributed by atoms with E-state index in [0.717, 1.165) is 10.6 Å². The van der Waals surface area contributed by atoms with Crippen molar-refractivity contribution >= 4 is 50.9 Å². The van der Waals surface area contributed by atoms with Crippen molar-refractivity contribution in [1.29, 1.82) is 0 Å².